The fourth-order valence-corrected chi connectivity index (χ4v) is 2.19. The van der Waals surface area contributed by atoms with Gasteiger partial charge in [-0.3, -0.25) is 0 Å². The van der Waals surface area contributed by atoms with Crippen LogP contribution < -0.4 is 15.8 Å². The van der Waals surface area contributed by atoms with Crippen LogP contribution in [0.4, 0.5) is 11.5 Å². The molecule has 0 aliphatic rings. The van der Waals surface area contributed by atoms with Crippen molar-refractivity contribution in [2.45, 2.75) is 39.3 Å². The highest BCUT2D eigenvalue weighted by atomic mass is 32.2. The van der Waals surface area contributed by atoms with Gasteiger partial charge < -0.3 is 15.8 Å². The molecule has 6 heteroatoms. The minimum atomic E-state index is 0.0446. The van der Waals surface area contributed by atoms with Gasteiger partial charge in [0.15, 0.2) is 5.82 Å². The van der Waals surface area contributed by atoms with E-state index in [2.05, 4.69) is 28.5 Å². The van der Waals surface area contributed by atoms with Crippen molar-refractivity contribution in [1.29, 1.82) is 0 Å². The van der Waals surface area contributed by atoms with Gasteiger partial charge in [0.05, 0.1) is 6.10 Å². The highest BCUT2D eigenvalue weighted by Gasteiger charge is 2.13. The van der Waals surface area contributed by atoms with Crippen molar-refractivity contribution < 1.29 is 4.74 Å². The smallest absolute Gasteiger partial charge is 0.242 e. The zero-order valence-corrected chi connectivity index (χ0v) is 12.3. The maximum absolute atomic E-state index is 6.01. The largest absolute Gasteiger partial charge is 0.473 e. The van der Waals surface area contributed by atoms with E-state index >= 15 is 0 Å². The van der Waals surface area contributed by atoms with E-state index in [0.717, 1.165) is 12.2 Å². The first-order chi connectivity index (χ1) is 8.58. The van der Waals surface area contributed by atoms with Gasteiger partial charge >= 0.3 is 0 Å². The van der Waals surface area contributed by atoms with Crippen LogP contribution in [0.25, 0.3) is 0 Å². The molecule has 1 rings (SSSR count). The molecule has 0 amide bonds. The van der Waals surface area contributed by atoms with Gasteiger partial charge in [0, 0.05) is 11.8 Å². The van der Waals surface area contributed by atoms with Crippen LogP contribution in [-0.4, -0.2) is 34.1 Å². The molecule has 0 bridgehead atoms. The van der Waals surface area contributed by atoms with Crippen molar-refractivity contribution in [2.24, 2.45) is 0 Å². The average molecular weight is 270 g/mol. The fraction of sp³-hybridized carbons (Fsp3) is 0.667. The maximum Gasteiger partial charge on any atom is 0.242 e. The van der Waals surface area contributed by atoms with Gasteiger partial charge in [-0.15, -0.1) is 0 Å². The summed E-state index contributed by atoms with van der Waals surface area (Å²) in [5.74, 6) is 2.11. The number of anilines is 2. The molecular formula is C12H22N4OS. The molecule has 0 spiro atoms. The molecular weight excluding hydrogens is 248 g/mol. The van der Waals surface area contributed by atoms with E-state index in [-0.39, 0.29) is 6.10 Å². The first kappa shape index (κ1) is 14.9. The predicted octanol–water partition coefficient (Wildman–Crippen LogP) is 2.40. The molecule has 1 atom stereocenters. The number of nitrogens with zero attached hydrogens (tertiary/aromatic N) is 2. The van der Waals surface area contributed by atoms with Crippen LogP contribution in [0.2, 0.25) is 0 Å². The number of aromatic nitrogens is 2. The second-order valence-electron chi connectivity index (χ2n) is 4.31. The second kappa shape index (κ2) is 7.31. The molecule has 0 aliphatic heterocycles. The van der Waals surface area contributed by atoms with E-state index in [0.29, 0.717) is 23.4 Å². The molecule has 1 heterocycles. The van der Waals surface area contributed by atoms with E-state index in [1.165, 1.54) is 6.33 Å². The normalized spacial score (nSPS) is 12.5. The number of hydrogen-bond acceptors (Lipinski definition) is 6. The Morgan fingerprint density at radius 1 is 1.44 bits per heavy atom. The lowest BCUT2D eigenvalue weighted by Gasteiger charge is -2.19. The lowest BCUT2D eigenvalue weighted by Crippen LogP contribution is -2.23. The van der Waals surface area contributed by atoms with Gasteiger partial charge in [0.25, 0.3) is 0 Å². The highest BCUT2D eigenvalue weighted by molar-refractivity contribution is 7.98. The molecule has 102 valence electrons. The van der Waals surface area contributed by atoms with Crippen molar-refractivity contribution in [2.75, 3.05) is 23.1 Å². The van der Waals surface area contributed by atoms with Gasteiger partial charge in [0.1, 0.15) is 12.0 Å². The molecule has 1 unspecified atom stereocenters. The summed E-state index contributed by atoms with van der Waals surface area (Å²) in [5.41, 5.74) is 6.49. The van der Waals surface area contributed by atoms with Crippen molar-refractivity contribution in [3.8, 4) is 5.88 Å². The quantitative estimate of drug-likeness (QED) is 0.792. The lowest BCUT2D eigenvalue weighted by atomic mass is 10.2. The number of nitrogens with one attached hydrogen (secondary N) is 1. The first-order valence-electron chi connectivity index (χ1n) is 6.11. The van der Waals surface area contributed by atoms with Crippen molar-refractivity contribution >= 4 is 23.3 Å². The monoisotopic (exact) mass is 270 g/mol. The van der Waals surface area contributed by atoms with Gasteiger partial charge in [-0.25, -0.2) is 4.98 Å². The number of nitrogens with two attached hydrogens (primary N) is 1. The van der Waals surface area contributed by atoms with Crippen molar-refractivity contribution in [3.05, 3.63) is 6.33 Å². The Labute approximate surface area is 113 Å². The molecule has 0 saturated heterocycles. The van der Waals surface area contributed by atoms with Gasteiger partial charge in [-0.05, 0) is 26.5 Å². The number of hydrogen-bond donors (Lipinski definition) is 2. The van der Waals surface area contributed by atoms with E-state index in [1.807, 2.05) is 13.8 Å². The molecule has 18 heavy (non-hydrogen) atoms. The molecule has 0 saturated carbocycles. The molecule has 0 aliphatic carbocycles. The Bertz CT molecular complexity index is 373. The summed E-state index contributed by atoms with van der Waals surface area (Å²) in [5, 5.41) is 3.33. The van der Waals surface area contributed by atoms with E-state index in [4.69, 9.17) is 10.5 Å². The summed E-state index contributed by atoms with van der Waals surface area (Å²) in [6.45, 7) is 6.02. The summed E-state index contributed by atoms with van der Waals surface area (Å²) < 4.78 is 5.54. The van der Waals surface area contributed by atoms with Crippen LogP contribution in [-0.2, 0) is 0 Å². The summed E-state index contributed by atoms with van der Waals surface area (Å²) in [6, 6.07) is 0.351. The number of nitrogen functional groups attached to an aromatic ring is 1. The Balaban J connectivity index is 2.82. The summed E-state index contributed by atoms with van der Waals surface area (Å²) in [7, 11) is 0. The van der Waals surface area contributed by atoms with Crippen LogP contribution in [0, 0.1) is 0 Å². The van der Waals surface area contributed by atoms with Crippen LogP contribution in [0.1, 0.15) is 27.2 Å². The summed E-state index contributed by atoms with van der Waals surface area (Å²) in [4.78, 5) is 8.23. The molecule has 0 radical (unpaired) electrons. The van der Waals surface area contributed by atoms with Gasteiger partial charge in [0.2, 0.25) is 5.88 Å². The minimum absolute atomic E-state index is 0.0446. The zero-order chi connectivity index (χ0) is 13.5. The highest BCUT2D eigenvalue weighted by Crippen LogP contribution is 2.26. The Morgan fingerprint density at radius 2 is 2.17 bits per heavy atom. The third kappa shape index (κ3) is 4.25. The molecule has 5 nitrogen and oxygen atoms in total. The molecule has 0 fully saturated rings. The van der Waals surface area contributed by atoms with Gasteiger partial charge in [-0.2, -0.15) is 16.7 Å². The van der Waals surface area contributed by atoms with Crippen LogP contribution in [0.5, 0.6) is 5.88 Å². The van der Waals surface area contributed by atoms with Crippen molar-refractivity contribution in [1.82, 2.24) is 9.97 Å². The average Bonchev–Trinajstić information content (AvgIpc) is 2.32. The molecule has 1 aromatic heterocycles. The second-order valence-corrected chi connectivity index (χ2v) is 5.22. The lowest BCUT2D eigenvalue weighted by molar-refractivity contribution is 0.234. The van der Waals surface area contributed by atoms with E-state index in [9.17, 15) is 0 Å². The zero-order valence-electron chi connectivity index (χ0n) is 11.4. The molecule has 0 aromatic carbocycles. The fourth-order valence-electron chi connectivity index (χ4n) is 1.47. The SMILES string of the molecule is CCC(CSC)Nc1ncnc(OC(C)C)c1N. The van der Waals surface area contributed by atoms with Crippen LogP contribution in [0.3, 0.4) is 0 Å². The van der Waals surface area contributed by atoms with Crippen molar-refractivity contribution in [3.63, 3.8) is 0 Å². The van der Waals surface area contributed by atoms with Gasteiger partial charge in [-0.1, -0.05) is 6.92 Å². The summed E-state index contributed by atoms with van der Waals surface area (Å²) >= 11 is 1.80. The first-order valence-corrected chi connectivity index (χ1v) is 7.50. The predicted molar refractivity (Wildman–Crippen MR) is 78.3 cm³/mol. The maximum atomic E-state index is 6.01. The Morgan fingerprint density at radius 3 is 2.72 bits per heavy atom. The van der Waals surface area contributed by atoms with Crippen LogP contribution in [0.15, 0.2) is 6.33 Å². The van der Waals surface area contributed by atoms with E-state index in [1.54, 1.807) is 11.8 Å². The topological polar surface area (TPSA) is 73.1 Å². The third-order valence-corrected chi connectivity index (χ3v) is 3.13. The number of thioether (sulfide) groups is 1. The number of ether oxygens (including phenoxy) is 1. The Hall–Kier alpha value is -1.17. The molecule has 1 aromatic rings. The standard InChI is InChI=1S/C12H22N4OS/c1-5-9(6-18-4)16-11-10(13)12(15-7-14-11)17-8(2)3/h7-9H,5-6,13H2,1-4H3,(H,14,15,16). The van der Waals surface area contributed by atoms with E-state index < -0.39 is 0 Å². The summed E-state index contributed by atoms with van der Waals surface area (Å²) in [6.07, 6.45) is 4.62. The number of rotatable bonds is 7. The third-order valence-electron chi connectivity index (χ3n) is 2.40. The molecule has 3 N–H and O–H groups in total. The van der Waals surface area contributed by atoms with Crippen LogP contribution >= 0.6 is 11.8 Å². The Kier molecular flexibility index (Phi) is 6.04. The minimum Gasteiger partial charge on any atom is -0.473 e.